The van der Waals surface area contributed by atoms with Crippen molar-refractivity contribution in [2.45, 2.75) is 25.9 Å². The van der Waals surface area contributed by atoms with Crippen LogP contribution in [0.25, 0.3) is 0 Å². The van der Waals surface area contributed by atoms with E-state index in [2.05, 4.69) is 0 Å². The molecule has 3 rings (SSSR count). The van der Waals surface area contributed by atoms with Gasteiger partial charge in [0.05, 0.1) is 12.0 Å². The highest BCUT2D eigenvalue weighted by Gasteiger charge is 2.45. The molecule has 2 atom stereocenters. The number of carboxylic acid groups (broad SMARTS) is 1. The minimum atomic E-state index is -0.931. The molecule has 2 amide bonds. The maximum Gasteiger partial charge on any atom is 0.311 e. The first-order valence-electron chi connectivity index (χ1n) is 8.34. The van der Waals surface area contributed by atoms with Crippen LogP contribution in [0.4, 0.5) is 0 Å². The summed E-state index contributed by atoms with van der Waals surface area (Å²) in [5.41, 5.74) is 0.00626. The lowest BCUT2D eigenvalue weighted by molar-refractivity contribution is -0.160. The van der Waals surface area contributed by atoms with Gasteiger partial charge in [0.1, 0.15) is 12.6 Å². The zero-order valence-corrected chi connectivity index (χ0v) is 14.2. The highest BCUT2D eigenvalue weighted by Crippen LogP contribution is 2.31. The summed E-state index contributed by atoms with van der Waals surface area (Å²) in [5.74, 6) is -1.37. The Morgan fingerprint density at radius 2 is 2.04 bits per heavy atom. The summed E-state index contributed by atoms with van der Waals surface area (Å²) in [6.45, 7) is 2.62. The zero-order chi connectivity index (χ0) is 18.0. The number of likely N-dealkylation sites (tertiary alicyclic amines) is 1. The maximum absolute atomic E-state index is 12.9. The SMILES string of the molecule is CC1(C(=O)O)CCN(C(=O)[C@H]2COCC(=O)N2Cc2ccccc2)C1. The Hall–Kier alpha value is -2.41. The van der Waals surface area contributed by atoms with Gasteiger partial charge in [-0.15, -0.1) is 0 Å². The molecule has 0 saturated carbocycles. The van der Waals surface area contributed by atoms with E-state index in [-0.39, 0.29) is 31.6 Å². The summed E-state index contributed by atoms with van der Waals surface area (Å²) < 4.78 is 5.29. The second-order valence-corrected chi connectivity index (χ2v) is 6.91. The molecule has 2 saturated heterocycles. The van der Waals surface area contributed by atoms with Crippen molar-refractivity contribution in [2.24, 2.45) is 5.41 Å². The van der Waals surface area contributed by atoms with Gasteiger partial charge in [-0.3, -0.25) is 14.4 Å². The molecule has 0 bridgehead atoms. The molecule has 7 heteroatoms. The van der Waals surface area contributed by atoms with Crippen LogP contribution in [0.15, 0.2) is 30.3 Å². The number of carbonyl (C=O) groups is 3. The fraction of sp³-hybridized carbons (Fsp3) is 0.500. The molecule has 1 aromatic rings. The first-order chi connectivity index (χ1) is 11.9. The van der Waals surface area contributed by atoms with Gasteiger partial charge in [-0.25, -0.2) is 0 Å². The third-order valence-electron chi connectivity index (χ3n) is 4.98. The molecule has 2 heterocycles. The summed E-state index contributed by atoms with van der Waals surface area (Å²) >= 11 is 0. The summed E-state index contributed by atoms with van der Waals surface area (Å²) in [7, 11) is 0. The van der Waals surface area contributed by atoms with E-state index in [0.29, 0.717) is 19.5 Å². The number of rotatable bonds is 4. The van der Waals surface area contributed by atoms with E-state index >= 15 is 0 Å². The molecule has 0 aromatic heterocycles. The van der Waals surface area contributed by atoms with Gasteiger partial charge in [-0.1, -0.05) is 30.3 Å². The lowest BCUT2D eigenvalue weighted by Crippen LogP contribution is -2.56. The van der Waals surface area contributed by atoms with Crippen LogP contribution in [0, 0.1) is 5.41 Å². The van der Waals surface area contributed by atoms with Crippen molar-refractivity contribution in [3.05, 3.63) is 35.9 Å². The first kappa shape index (κ1) is 17.4. The van der Waals surface area contributed by atoms with Gasteiger partial charge in [-0.2, -0.15) is 0 Å². The second kappa shape index (κ2) is 6.84. The molecule has 7 nitrogen and oxygen atoms in total. The van der Waals surface area contributed by atoms with E-state index in [1.165, 1.54) is 4.90 Å². The van der Waals surface area contributed by atoms with Gasteiger partial charge >= 0.3 is 5.97 Å². The van der Waals surface area contributed by atoms with Crippen molar-refractivity contribution >= 4 is 17.8 Å². The van der Waals surface area contributed by atoms with E-state index in [4.69, 9.17) is 4.74 Å². The molecular formula is C18H22N2O5. The number of morpholine rings is 1. The highest BCUT2D eigenvalue weighted by atomic mass is 16.5. The van der Waals surface area contributed by atoms with Gasteiger partial charge in [0, 0.05) is 19.6 Å². The smallest absolute Gasteiger partial charge is 0.311 e. The van der Waals surface area contributed by atoms with Crippen molar-refractivity contribution < 1.29 is 24.2 Å². The van der Waals surface area contributed by atoms with Crippen molar-refractivity contribution in [1.29, 1.82) is 0 Å². The number of nitrogens with zero attached hydrogens (tertiary/aromatic N) is 2. The Morgan fingerprint density at radius 1 is 1.32 bits per heavy atom. The molecule has 0 spiro atoms. The van der Waals surface area contributed by atoms with Crippen molar-refractivity contribution in [2.75, 3.05) is 26.3 Å². The number of benzene rings is 1. The summed E-state index contributed by atoms with van der Waals surface area (Å²) in [6.07, 6.45) is 0.411. The Kier molecular flexibility index (Phi) is 4.76. The maximum atomic E-state index is 12.9. The van der Waals surface area contributed by atoms with Crippen LogP contribution in [-0.2, 0) is 25.7 Å². The van der Waals surface area contributed by atoms with E-state index < -0.39 is 17.4 Å². The number of carbonyl (C=O) groups excluding carboxylic acids is 2. The lowest BCUT2D eigenvalue weighted by atomic mass is 9.90. The number of carboxylic acids is 1. The Labute approximate surface area is 146 Å². The van der Waals surface area contributed by atoms with E-state index in [9.17, 15) is 19.5 Å². The largest absolute Gasteiger partial charge is 0.481 e. The average molecular weight is 346 g/mol. The molecule has 2 aliphatic heterocycles. The van der Waals surface area contributed by atoms with Crippen LogP contribution in [0.5, 0.6) is 0 Å². The number of hydrogen-bond donors (Lipinski definition) is 1. The lowest BCUT2D eigenvalue weighted by Gasteiger charge is -2.36. The van der Waals surface area contributed by atoms with Crippen LogP contribution in [0.1, 0.15) is 18.9 Å². The highest BCUT2D eigenvalue weighted by molar-refractivity contribution is 5.90. The Morgan fingerprint density at radius 3 is 2.68 bits per heavy atom. The molecule has 25 heavy (non-hydrogen) atoms. The van der Waals surface area contributed by atoms with Crippen LogP contribution >= 0.6 is 0 Å². The predicted molar refractivity (Wildman–Crippen MR) is 88.5 cm³/mol. The summed E-state index contributed by atoms with van der Waals surface area (Å²) in [5, 5.41) is 9.34. The van der Waals surface area contributed by atoms with Gasteiger partial charge in [-0.05, 0) is 18.9 Å². The number of amides is 2. The van der Waals surface area contributed by atoms with Crippen LogP contribution < -0.4 is 0 Å². The monoisotopic (exact) mass is 346 g/mol. The molecule has 2 aliphatic rings. The molecule has 134 valence electrons. The third-order valence-corrected chi connectivity index (χ3v) is 4.98. The van der Waals surface area contributed by atoms with E-state index in [0.717, 1.165) is 5.56 Å². The fourth-order valence-electron chi connectivity index (χ4n) is 3.32. The molecule has 1 aromatic carbocycles. The first-order valence-corrected chi connectivity index (χ1v) is 8.34. The van der Waals surface area contributed by atoms with Gasteiger partial charge in [0.15, 0.2) is 0 Å². The third kappa shape index (κ3) is 3.51. The van der Waals surface area contributed by atoms with Gasteiger partial charge < -0.3 is 19.6 Å². The molecule has 0 radical (unpaired) electrons. The average Bonchev–Trinajstić information content (AvgIpc) is 3.01. The Bertz CT molecular complexity index is 677. The second-order valence-electron chi connectivity index (χ2n) is 6.91. The molecule has 2 fully saturated rings. The molecule has 1 N–H and O–H groups in total. The van der Waals surface area contributed by atoms with Gasteiger partial charge in [0.2, 0.25) is 11.8 Å². The Balaban J connectivity index is 1.75. The van der Waals surface area contributed by atoms with Crippen molar-refractivity contribution in [3.8, 4) is 0 Å². The number of ether oxygens (including phenoxy) is 1. The number of aliphatic carboxylic acids is 1. The van der Waals surface area contributed by atoms with Crippen LogP contribution in [-0.4, -0.2) is 65.0 Å². The van der Waals surface area contributed by atoms with Crippen molar-refractivity contribution in [1.82, 2.24) is 9.80 Å². The van der Waals surface area contributed by atoms with Crippen LogP contribution in [0.2, 0.25) is 0 Å². The van der Waals surface area contributed by atoms with E-state index in [1.807, 2.05) is 30.3 Å². The summed E-state index contributed by atoms with van der Waals surface area (Å²) in [4.78, 5) is 39.7. The fourth-order valence-corrected chi connectivity index (χ4v) is 3.32. The normalized spacial score (nSPS) is 26.8. The summed E-state index contributed by atoms with van der Waals surface area (Å²) in [6, 6.07) is 8.76. The molecule has 1 unspecified atom stereocenters. The molecular weight excluding hydrogens is 324 g/mol. The number of hydrogen-bond acceptors (Lipinski definition) is 4. The standard InChI is InChI=1S/C18H22N2O5/c1-18(17(23)24)7-8-19(12-18)16(22)14-10-25-11-15(21)20(14)9-13-5-3-2-4-6-13/h2-6,14H,7-12H2,1H3,(H,23,24)/t14-,18?/m1/s1. The van der Waals surface area contributed by atoms with Gasteiger partial charge in [0.25, 0.3) is 0 Å². The quantitative estimate of drug-likeness (QED) is 0.869. The van der Waals surface area contributed by atoms with E-state index in [1.54, 1.807) is 11.8 Å². The minimum Gasteiger partial charge on any atom is -0.481 e. The topological polar surface area (TPSA) is 87.1 Å². The zero-order valence-electron chi connectivity index (χ0n) is 14.2. The minimum absolute atomic E-state index is 0.0382. The van der Waals surface area contributed by atoms with Crippen molar-refractivity contribution in [3.63, 3.8) is 0 Å². The predicted octanol–water partition coefficient (Wildman–Crippen LogP) is 0.737. The van der Waals surface area contributed by atoms with Crippen LogP contribution in [0.3, 0.4) is 0 Å². The molecule has 0 aliphatic carbocycles.